The Bertz CT molecular complexity index is 904. The van der Waals surface area contributed by atoms with Crippen molar-refractivity contribution < 1.29 is 0 Å². The SMILES string of the molecule is Cc1cccc2nc(CCc3ncc(-c4cccs4)[nH]3)nn12. The molecule has 0 fully saturated rings. The maximum absolute atomic E-state index is 4.56. The van der Waals surface area contributed by atoms with E-state index in [2.05, 4.69) is 31.5 Å². The van der Waals surface area contributed by atoms with Crippen LogP contribution >= 0.6 is 11.3 Å². The molecule has 0 aliphatic heterocycles. The van der Waals surface area contributed by atoms with Gasteiger partial charge in [-0.05, 0) is 30.5 Å². The van der Waals surface area contributed by atoms with E-state index < -0.39 is 0 Å². The number of fused-ring (bicyclic) bond motifs is 1. The number of hydrogen-bond acceptors (Lipinski definition) is 4. The number of rotatable bonds is 4. The van der Waals surface area contributed by atoms with Crippen molar-refractivity contribution in [1.82, 2.24) is 24.6 Å². The number of nitrogens with zero attached hydrogens (tertiary/aromatic N) is 4. The van der Waals surface area contributed by atoms with E-state index in [1.165, 1.54) is 4.88 Å². The molecule has 0 aliphatic rings. The zero-order valence-electron chi connectivity index (χ0n) is 12.2. The van der Waals surface area contributed by atoms with Crippen LogP contribution in [-0.4, -0.2) is 24.6 Å². The molecule has 4 aromatic heterocycles. The number of hydrogen-bond donors (Lipinski definition) is 1. The second kappa shape index (κ2) is 5.38. The average Bonchev–Trinajstić information content (AvgIpc) is 3.25. The summed E-state index contributed by atoms with van der Waals surface area (Å²) in [4.78, 5) is 13.6. The Morgan fingerprint density at radius 1 is 1.18 bits per heavy atom. The number of nitrogens with one attached hydrogen (secondary N) is 1. The van der Waals surface area contributed by atoms with Crippen molar-refractivity contribution in [2.24, 2.45) is 0 Å². The third kappa shape index (κ3) is 2.42. The summed E-state index contributed by atoms with van der Waals surface area (Å²) < 4.78 is 1.88. The summed E-state index contributed by atoms with van der Waals surface area (Å²) in [6.07, 6.45) is 3.47. The highest BCUT2D eigenvalue weighted by molar-refractivity contribution is 7.13. The van der Waals surface area contributed by atoms with Crippen LogP contribution in [0.5, 0.6) is 0 Å². The molecular formula is C16H15N5S. The number of aryl methyl sites for hydroxylation is 3. The lowest BCUT2D eigenvalue weighted by molar-refractivity contribution is 0.799. The number of aromatic amines is 1. The Balaban J connectivity index is 1.51. The Kier molecular flexibility index (Phi) is 3.23. The van der Waals surface area contributed by atoms with Gasteiger partial charge in [-0.3, -0.25) is 0 Å². The van der Waals surface area contributed by atoms with Crippen LogP contribution in [0.15, 0.2) is 41.9 Å². The molecule has 5 nitrogen and oxygen atoms in total. The van der Waals surface area contributed by atoms with Crippen LogP contribution in [0.1, 0.15) is 17.3 Å². The van der Waals surface area contributed by atoms with Gasteiger partial charge >= 0.3 is 0 Å². The molecule has 0 unspecified atom stereocenters. The van der Waals surface area contributed by atoms with Crippen LogP contribution in [0.4, 0.5) is 0 Å². The second-order valence-electron chi connectivity index (χ2n) is 5.19. The molecule has 1 N–H and O–H groups in total. The lowest BCUT2D eigenvalue weighted by Crippen LogP contribution is -1.97. The third-order valence-electron chi connectivity index (χ3n) is 3.59. The van der Waals surface area contributed by atoms with Crippen molar-refractivity contribution in [2.75, 3.05) is 0 Å². The third-order valence-corrected chi connectivity index (χ3v) is 4.50. The van der Waals surface area contributed by atoms with Gasteiger partial charge in [-0.25, -0.2) is 14.5 Å². The van der Waals surface area contributed by atoms with Crippen LogP contribution in [0, 0.1) is 6.92 Å². The van der Waals surface area contributed by atoms with E-state index >= 15 is 0 Å². The van der Waals surface area contributed by atoms with Crippen molar-refractivity contribution >= 4 is 17.0 Å². The molecule has 0 aromatic carbocycles. The molecular weight excluding hydrogens is 294 g/mol. The summed E-state index contributed by atoms with van der Waals surface area (Å²) in [5.41, 5.74) is 3.06. The summed E-state index contributed by atoms with van der Waals surface area (Å²) in [6, 6.07) is 10.2. The minimum absolute atomic E-state index is 0.776. The highest BCUT2D eigenvalue weighted by Gasteiger charge is 2.08. The van der Waals surface area contributed by atoms with Crippen molar-refractivity contribution in [3.8, 4) is 10.6 Å². The van der Waals surface area contributed by atoms with Gasteiger partial charge in [0.1, 0.15) is 5.82 Å². The van der Waals surface area contributed by atoms with Gasteiger partial charge in [0.15, 0.2) is 11.5 Å². The summed E-state index contributed by atoms with van der Waals surface area (Å²) in [5.74, 6) is 1.82. The zero-order chi connectivity index (χ0) is 14.9. The minimum Gasteiger partial charge on any atom is -0.341 e. The lowest BCUT2D eigenvalue weighted by Gasteiger charge is -1.95. The van der Waals surface area contributed by atoms with E-state index in [-0.39, 0.29) is 0 Å². The largest absolute Gasteiger partial charge is 0.341 e. The molecule has 4 heterocycles. The van der Waals surface area contributed by atoms with Crippen molar-refractivity contribution in [1.29, 1.82) is 0 Å². The molecule has 22 heavy (non-hydrogen) atoms. The zero-order valence-corrected chi connectivity index (χ0v) is 13.0. The maximum atomic E-state index is 4.56. The first-order chi connectivity index (χ1) is 10.8. The van der Waals surface area contributed by atoms with Crippen LogP contribution in [0.25, 0.3) is 16.2 Å². The number of pyridine rings is 1. The van der Waals surface area contributed by atoms with Crippen LogP contribution < -0.4 is 0 Å². The van der Waals surface area contributed by atoms with Gasteiger partial charge in [0, 0.05) is 18.5 Å². The first-order valence-corrected chi connectivity index (χ1v) is 8.06. The Morgan fingerprint density at radius 2 is 2.14 bits per heavy atom. The van der Waals surface area contributed by atoms with Crippen molar-refractivity contribution in [2.45, 2.75) is 19.8 Å². The second-order valence-corrected chi connectivity index (χ2v) is 6.13. The molecule has 4 aromatic rings. The molecule has 4 rings (SSSR count). The van der Waals surface area contributed by atoms with Gasteiger partial charge in [0.25, 0.3) is 0 Å². The normalized spacial score (nSPS) is 11.3. The van der Waals surface area contributed by atoms with Crippen LogP contribution in [0.2, 0.25) is 0 Å². The maximum Gasteiger partial charge on any atom is 0.155 e. The summed E-state index contributed by atoms with van der Waals surface area (Å²) in [6.45, 7) is 2.03. The van der Waals surface area contributed by atoms with E-state index in [9.17, 15) is 0 Å². The van der Waals surface area contributed by atoms with Gasteiger partial charge in [-0.15, -0.1) is 11.3 Å². The molecule has 0 saturated carbocycles. The van der Waals surface area contributed by atoms with Gasteiger partial charge in [0.2, 0.25) is 0 Å². The highest BCUT2D eigenvalue weighted by atomic mass is 32.1. The fraction of sp³-hybridized carbons (Fsp3) is 0.188. The molecule has 110 valence electrons. The van der Waals surface area contributed by atoms with Gasteiger partial charge in [-0.1, -0.05) is 12.1 Å². The fourth-order valence-electron chi connectivity index (χ4n) is 2.46. The number of H-pyrrole nitrogens is 1. The molecule has 0 bridgehead atoms. The van der Waals surface area contributed by atoms with Crippen molar-refractivity contribution in [3.63, 3.8) is 0 Å². The first kappa shape index (κ1) is 13.2. The minimum atomic E-state index is 0.776. The summed E-state index contributed by atoms with van der Waals surface area (Å²) in [7, 11) is 0. The van der Waals surface area contributed by atoms with E-state index in [4.69, 9.17) is 0 Å². The molecule has 0 spiro atoms. The quantitative estimate of drug-likeness (QED) is 0.629. The van der Waals surface area contributed by atoms with Gasteiger partial charge < -0.3 is 4.98 Å². The van der Waals surface area contributed by atoms with Crippen LogP contribution in [-0.2, 0) is 12.8 Å². The number of imidazole rings is 1. The topological polar surface area (TPSA) is 58.9 Å². The fourth-order valence-corrected chi connectivity index (χ4v) is 3.15. The standard InChI is InChI=1S/C16H15N5S/c1-11-4-2-6-16-19-15(20-21(11)16)8-7-14-17-10-12(18-14)13-5-3-9-22-13/h2-6,9-10H,7-8H2,1H3,(H,17,18). The Morgan fingerprint density at radius 3 is 2.95 bits per heavy atom. The molecule has 6 heteroatoms. The van der Waals surface area contributed by atoms with Gasteiger partial charge in [0.05, 0.1) is 16.8 Å². The van der Waals surface area contributed by atoms with E-state index in [0.29, 0.717) is 0 Å². The monoisotopic (exact) mass is 309 g/mol. The lowest BCUT2D eigenvalue weighted by atomic mass is 10.3. The molecule has 0 amide bonds. The molecule has 0 aliphatic carbocycles. The van der Waals surface area contributed by atoms with Gasteiger partial charge in [-0.2, -0.15) is 5.10 Å². The highest BCUT2D eigenvalue weighted by Crippen LogP contribution is 2.22. The van der Waals surface area contributed by atoms with Crippen LogP contribution in [0.3, 0.4) is 0 Å². The number of thiophene rings is 1. The smallest absolute Gasteiger partial charge is 0.155 e. The molecule has 0 saturated heterocycles. The Labute approximate surface area is 131 Å². The van der Waals surface area contributed by atoms with E-state index in [1.807, 2.05) is 41.9 Å². The Hall–Kier alpha value is -2.47. The predicted octanol–water partition coefficient (Wildman–Crippen LogP) is 3.27. The summed E-state index contributed by atoms with van der Waals surface area (Å²) in [5, 5.41) is 6.62. The summed E-state index contributed by atoms with van der Waals surface area (Å²) >= 11 is 1.71. The van der Waals surface area contributed by atoms with E-state index in [1.54, 1.807) is 11.3 Å². The average molecular weight is 309 g/mol. The van der Waals surface area contributed by atoms with Crippen molar-refractivity contribution in [3.05, 3.63) is 59.3 Å². The van der Waals surface area contributed by atoms with E-state index in [0.717, 1.165) is 41.5 Å². The molecule has 0 radical (unpaired) electrons. The first-order valence-electron chi connectivity index (χ1n) is 7.18. The molecule has 0 atom stereocenters. The number of aromatic nitrogens is 5. The predicted molar refractivity (Wildman–Crippen MR) is 87.0 cm³/mol.